The Morgan fingerprint density at radius 2 is 2.00 bits per heavy atom. The molecule has 0 radical (unpaired) electrons. The molecule has 0 amide bonds. The molecule has 6 heteroatoms. The molecule has 2 fully saturated rings. The van der Waals surface area contributed by atoms with E-state index in [4.69, 9.17) is 4.74 Å². The lowest BCUT2D eigenvalue weighted by Gasteiger charge is -2.22. The molecule has 2 rings (SSSR count). The summed E-state index contributed by atoms with van der Waals surface area (Å²) in [7, 11) is -3.13. The van der Waals surface area contributed by atoms with Crippen molar-refractivity contribution in [3.05, 3.63) is 0 Å². The lowest BCUT2D eigenvalue weighted by atomic mass is 10.2. The Hall–Kier alpha value is -0.170. The summed E-state index contributed by atoms with van der Waals surface area (Å²) < 4.78 is 31.9. The Balaban J connectivity index is 1.72. The Morgan fingerprint density at radius 1 is 1.24 bits per heavy atom. The van der Waals surface area contributed by atoms with Crippen LogP contribution in [-0.2, 0) is 14.8 Å². The Morgan fingerprint density at radius 3 is 2.65 bits per heavy atom. The summed E-state index contributed by atoms with van der Waals surface area (Å²) in [6, 6.07) is 0.493. The molecule has 0 aromatic carbocycles. The first-order valence-electron chi connectivity index (χ1n) is 6.48. The van der Waals surface area contributed by atoms with Gasteiger partial charge in [0.25, 0.3) is 0 Å². The van der Waals surface area contributed by atoms with E-state index in [1.54, 1.807) is 0 Å². The van der Waals surface area contributed by atoms with Crippen molar-refractivity contribution in [2.45, 2.75) is 43.4 Å². The van der Waals surface area contributed by atoms with E-state index in [9.17, 15) is 8.42 Å². The molecule has 17 heavy (non-hydrogen) atoms. The quantitative estimate of drug-likeness (QED) is 0.744. The van der Waals surface area contributed by atoms with Gasteiger partial charge in [-0.3, -0.25) is 0 Å². The number of hydrogen-bond donors (Lipinski definition) is 2. The third-order valence-corrected chi connectivity index (χ3v) is 5.52. The molecule has 1 atom stereocenters. The van der Waals surface area contributed by atoms with Crippen molar-refractivity contribution in [3.63, 3.8) is 0 Å². The second-order valence-corrected chi connectivity index (χ2v) is 6.88. The van der Waals surface area contributed by atoms with Gasteiger partial charge < -0.3 is 10.1 Å². The largest absolute Gasteiger partial charge is 0.381 e. The highest BCUT2D eigenvalue weighted by Gasteiger charge is 2.27. The van der Waals surface area contributed by atoms with Gasteiger partial charge in [-0.2, -0.15) is 0 Å². The van der Waals surface area contributed by atoms with Crippen LogP contribution < -0.4 is 10.0 Å². The van der Waals surface area contributed by atoms with E-state index in [0.29, 0.717) is 38.6 Å². The highest BCUT2D eigenvalue weighted by molar-refractivity contribution is 7.90. The van der Waals surface area contributed by atoms with Crippen LogP contribution in [-0.4, -0.2) is 46.0 Å². The molecule has 0 aromatic rings. The zero-order valence-corrected chi connectivity index (χ0v) is 11.0. The number of rotatable bonds is 5. The highest BCUT2D eigenvalue weighted by Crippen LogP contribution is 2.15. The molecule has 0 aliphatic carbocycles. The first-order chi connectivity index (χ1) is 8.18. The Bertz CT molecular complexity index is 320. The van der Waals surface area contributed by atoms with Gasteiger partial charge in [-0.25, -0.2) is 13.1 Å². The van der Waals surface area contributed by atoms with Gasteiger partial charge in [0.15, 0.2) is 0 Å². The summed E-state index contributed by atoms with van der Waals surface area (Å²) in [5.41, 5.74) is 0. The van der Waals surface area contributed by atoms with Crippen LogP contribution in [0.15, 0.2) is 0 Å². The van der Waals surface area contributed by atoms with Crippen molar-refractivity contribution < 1.29 is 13.2 Å². The summed E-state index contributed by atoms with van der Waals surface area (Å²) in [5, 5.41) is 3.11. The van der Waals surface area contributed by atoms with Crippen molar-refractivity contribution in [2.75, 3.05) is 26.3 Å². The van der Waals surface area contributed by atoms with Gasteiger partial charge in [0.2, 0.25) is 10.0 Å². The minimum absolute atomic E-state index is 0.257. The maximum absolute atomic E-state index is 12.0. The van der Waals surface area contributed by atoms with E-state index >= 15 is 0 Å². The van der Waals surface area contributed by atoms with Crippen LogP contribution in [0.4, 0.5) is 0 Å². The van der Waals surface area contributed by atoms with Crippen LogP contribution in [0.1, 0.15) is 32.1 Å². The Labute approximate surface area is 103 Å². The highest BCUT2D eigenvalue weighted by atomic mass is 32.2. The van der Waals surface area contributed by atoms with Gasteiger partial charge in [-0.1, -0.05) is 0 Å². The molecular formula is C11H22N2O3S. The van der Waals surface area contributed by atoms with Gasteiger partial charge in [0.05, 0.1) is 5.25 Å². The molecule has 2 saturated heterocycles. The molecule has 0 spiro atoms. The number of ether oxygens (including phenoxy) is 1. The SMILES string of the molecule is O=S(=O)(NCC[C@@H]1CCCN1)C1CCOCC1. The number of hydrogen-bond acceptors (Lipinski definition) is 4. The van der Waals surface area contributed by atoms with Crippen molar-refractivity contribution in [1.29, 1.82) is 0 Å². The van der Waals surface area contributed by atoms with Gasteiger partial charge in [0, 0.05) is 25.8 Å². The van der Waals surface area contributed by atoms with E-state index in [-0.39, 0.29) is 5.25 Å². The van der Waals surface area contributed by atoms with Crippen molar-refractivity contribution in [2.24, 2.45) is 0 Å². The number of nitrogens with one attached hydrogen (secondary N) is 2. The van der Waals surface area contributed by atoms with Crippen molar-refractivity contribution in [1.82, 2.24) is 10.0 Å². The standard InChI is InChI=1S/C11H22N2O3S/c14-17(15,11-4-8-16-9-5-11)13-7-3-10-2-1-6-12-10/h10-13H,1-9H2/t10-/m0/s1. The molecule has 0 unspecified atom stereocenters. The fraction of sp³-hybridized carbons (Fsp3) is 1.00. The monoisotopic (exact) mass is 262 g/mol. The van der Waals surface area contributed by atoms with E-state index in [1.165, 1.54) is 12.8 Å². The van der Waals surface area contributed by atoms with Crippen LogP contribution in [0, 0.1) is 0 Å². The lowest BCUT2D eigenvalue weighted by Crippen LogP contribution is -2.39. The first-order valence-corrected chi connectivity index (χ1v) is 8.03. The van der Waals surface area contributed by atoms with Crippen molar-refractivity contribution >= 4 is 10.0 Å². The van der Waals surface area contributed by atoms with Crippen LogP contribution in [0.2, 0.25) is 0 Å². The van der Waals surface area contributed by atoms with E-state index in [1.807, 2.05) is 0 Å². The first kappa shape index (κ1) is 13.3. The molecule has 2 aliphatic rings. The minimum atomic E-state index is -3.13. The molecule has 0 bridgehead atoms. The molecule has 2 N–H and O–H groups in total. The summed E-state index contributed by atoms with van der Waals surface area (Å²) in [6.45, 7) is 2.75. The van der Waals surface area contributed by atoms with E-state index < -0.39 is 10.0 Å². The smallest absolute Gasteiger partial charge is 0.214 e. The van der Waals surface area contributed by atoms with Gasteiger partial charge in [-0.15, -0.1) is 0 Å². The molecular weight excluding hydrogens is 240 g/mol. The molecule has 0 saturated carbocycles. The third-order valence-electron chi connectivity index (χ3n) is 3.57. The van der Waals surface area contributed by atoms with E-state index in [2.05, 4.69) is 10.0 Å². The third kappa shape index (κ3) is 3.91. The fourth-order valence-electron chi connectivity index (χ4n) is 2.48. The maximum Gasteiger partial charge on any atom is 0.214 e. The Kier molecular flexibility index (Phi) is 4.78. The summed E-state index contributed by atoms with van der Waals surface area (Å²) >= 11 is 0. The van der Waals surface area contributed by atoms with Gasteiger partial charge in [0.1, 0.15) is 0 Å². The summed E-state index contributed by atoms with van der Waals surface area (Å²) in [4.78, 5) is 0. The summed E-state index contributed by atoms with van der Waals surface area (Å²) in [5.74, 6) is 0. The molecule has 2 heterocycles. The molecule has 0 aromatic heterocycles. The van der Waals surface area contributed by atoms with Crippen molar-refractivity contribution in [3.8, 4) is 0 Å². The average molecular weight is 262 g/mol. The number of sulfonamides is 1. The van der Waals surface area contributed by atoms with Gasteiger partial charge >= 0.3 is 0 Å². The van der Waals surface area contributed by atoms with E-state index in [0.717, 1.165) is 13.0 Å². The van der Waals surface area contributed by atoms with Crippen LogP contribution in [0.3, 0.4) is 0 Å². The maximum atomic E-state index is 12.0. The van der Waals surface area contributed by atoms with Crippen LogP contribution >= 0.6 is 0 Å². The fourth-order valence-corrected chi connectivity index (χ4v) is 3.93. The molecule has 100 valence electrons. The molecule has 2 aliphatic heterocycles. The zero-order valence-electron chi connectivity index (χ0n) is 10.2. The predicted molar refractivity (Wildman–Crippen MR) is 66.4 cm³/mol. The second kappa shape index (κ2) is 6.13. The molecule has 5 nitrogen and oxygen atoms in total. The second-order valence-electron chi connectivity index (χ2n) is 4.83. The lowest BCUT2D eigenvalue weighted by molar-refractivity contribution is 0.0981. The van der Waals surface area contributed by atoms with Crippen LogP contribution in [0.5, 0.6) is 0 Å². The van der Waals surface area contributed by atoms with Gasteiger partial charge in [-0.05, 0) is 38.6 Å². The minimum Gasteiger partial charge on any atom is -0.381 e. The average Bonchev–Trinajstić information content (AvgIpc) is 2.83. The normalized spacial score (nSPS) is 27.4. The summed E-state index contributed by atoms with van der Waals surface area (Å²) in [6.07, 6.45) is 4.51. The zero-order chi connectivity index (χ0) is 12.1. The topological polar surface area (TPSA) is 67.4 Å². The van der Waals surface area contributed by atoms with Crippen LogP contribution in [0.25, 0.3) is 0 Å². The predicted octanol–water partition coefficient (Wildman–Crippen LogP) is 0.227.